The van der Waals surface area contributed by atoms with Gasteiger partial charge in [0.1, 0.15) is 0 Å². The topological polar surface area (TPSA) is 19.9 Å². The third kappa shape index (κ3) is 5.25. The molecule has 2 atom stereocenters. The normalized spacial score (nSPS) is 16.4. The Kier molecular flexibility index (Phi) is 6.63. The molecule has 0 aliphatic carbocycles. The standard InChI is InChI=1S/C10H21O/c1-4-6-10(8-11)7-9(3)5-2/h9-10H,4-8H2,1-3H3. The SMILES string of the molecule is CCCC(C[O])CC(C)CC. The highest BCUT2D eigenvalue weighted by Crippen LogP contribution is 2.18. The summed E-state index contributed by atoms with van der Waals surface area (Å²) in [6.45, 7) is 6.70. The van der Waals surface area contributed by atoms with Crippen LogP contribution >= 0.6 is 0 Å². The summed E-state index contributed by atoms with van der Waals surface area (Å²) in [5, 5.41) is 10.7. The molecule has 2 unspecified atom stereocenters. The van der Waals surface area contributed by atoms with Gasteiger partial charge in [0, 0.05) is 0 Å². The second-order valence-corrected chi connectivity index (χ2v) is 3.57. The molecule has 0 aliphatic heterocycles. The minimum atomic E-state index is 0.123. The molecule has 0 bridgehead atoms. The van der Waals surface area contributed by atoms with Gasteiger partial charge in [-0.05, 0) is 24.7 Å². The molecule has 0 amide bonds. The van der Waals surface area contributed by atoms with Crippen LogP contribution in [-0.4, -0.2) is 6.61 Å². The summed E-state index contributed by atoms with van der Waals surface area (Å²) in [6, 6.07) is 0. The Bertz CT molecular complexity index is 80.9. The summed E-state index contributed by atoms with van der Waals surface area (Å²) in [5.74, 6) is 1.18. The van der Waals surface area contributed by atoms with Gasteiger partial charge in [-0.1, -0.05) is 33.6 Å². The summed E-state index contributed by atoms with van der Waals surface area (Å²) in [5.41, 5.74) is 0. The van der Waals surface area contributed by atoms with Gasteiger partial charge in [0.05, 0.1) is 6.61 Å². The maximum absolute atomic E-state index is 10.7. The van der Waals surface area contributed by atoms with E-state index in [1.54, 1.807) is 0 Å². The van der Waals surface area contributed by atoms with E-state index < -0.39 is 0 Å². The molecule has 0 saturated heterocycles. The number of hydrogen-bond acceptors (Lipinski definition) is 0. The lowest BCUT2D eigenvalue weighted by atomic mass is 9.91. The quantitative estimate of drug-likeness (QED) is 0.564. The van der Waals surface area contributed by atoms with Crippen LogP contribution in [0.15, 0.2) is 0 Å². The molecule has 11 heavy (non-hydrogen) atoms. The van der Waals surface area contributed by atoms with Crippen molar-refractivity contribution in [3.05, 3.63) is 0 Å². The van der Waals surface area contributed by atoms with Crippen molar-refractivity contribution in [1.82, 2.24) is 0 Å². The first-order valence-corrected chi connectivity index (χ1v) is 4.82. The fourth-order valence-electron chi connectivity index (χ4n) is 1.41. The molecule has 0 aromatic heterocycles. The zero-order chi connectivity index (χ0) is 8.69. The highest BCUT2D eigenvalue weighted by molar-refractivity contribution is 4.60. The molecule has 1 radical (unpaired) electrons. The number of rotatable bonds is 6. The molecule has 0 aromatic carbocycles. The van der Waals surface area contributed by atoms with Crippen LogP contribution in [0.5, 0.6) is 0 Å². The van der Waals surface area contributed by atoms with Crippen LogP contribution in [0.3, 0.4) is 0 Å². The van der Waals surface area contributed by atoms with E-state index >= 15 is 0 Å². The second-order valence-electron chi connectivity index (χ2n) is 3.57. The summed E-state index contributed by atoms with van der Waals surface area (Å²) >= 11 is 0. The average molecular weight is 157 g/mol. The fraction of sp³-hybridized carbons (Fsp3) is 1.00. The van der Waals surface area contributed by atoms with Crippen molar-refractivity contribution < 1.29 is 5.11 Å². The summed E-state index contributed by atoms with van der Waals surface area (Å²) in [4.78, 5) is 0. The highest BCUT2D eigenvalue weighted by atomic mass is 16.3. The van der Waals surface area contributed by atoms with Crippen LogP contribution in [-0.2, 0) is 5.11 Å². The highest BCUT2D eigenvalue weighted by Gasteiger charge is 2.10. The van der Waals surface area contributed by atoms with E-state index in [0.717, 1.165) is 25.2 Å². The molecule has 0 fully saturated rings. The summed E-state index contributed by atoms with van der Waals surface area (Å²) < 4.78 is 0. The van der Waals surface area contributed by atoms with Crippen LogP contribution < -0.4 is 0 Å². The lowest BCUT2D eigenvalue weighted by Crippen LogP contribution is -2.09. The minimum Gasteiger partial charge on any atom is -0.236 e. The first-order valence-electron chi connectivity index (χ1n) is 4.82. The van der Waals surface area contributed by atoms with Gasteiger partial charge < -0.3 is 0 Å². The van der Waals surface area contributed by atoms with Crippen molar-refractivity contribution in [1.29, 1.82) is 0 Å². The lowest BCUT2D eigenvalue weighted by Gasteiger charge is -2.15. The first-order chi connectivity index (χ1) is 5.24. The zero-order valence-electron chi connectivity index (χ0n) is 8.10. The van der Waals surface area contributed by atoms with Gasteiger partial charge in [0.25, 0.3) is 0 Å². The van der Waals surface area contributed by atoms with E-state index in [9.17, 15) is 5.11 Å². The molecule has 1 nitrogen and oxygen atoms in total. The smallest absolute Gasteiger partial charge is 0.0850 e. The molecule has 0 aromatic rings. The van der Waals surface area contributed by atoms with Crippen molar-refractivity contribution in [2.45, 2.75) is 46.5 Å². The Morgan fingerprint density at radius 1 is 1.27 bits per heavy atom. The fourth-order valence-corrected chi connectivity index (χ4v) is 1.41. The molecule has 0 spiro atoms. The van der Waals surface area contributed by atoms with E-state index in [1.165, 1.54) is 6.42 Å². The van der Waals surface area contributed by atoms with Gasteiger partial charge >= 0.3 is 0 Å². The van der Waals surface area contributed by atoms with Crippen molar-refractivity contribution in [2.24, 2.45) is 11.8 Å². The van der Waals surface area contributed by atoms with Crippen LogP contribution in [0.2, 0.25) is 0 Å². The van der Waals surface area contributed by atoms with Crippen molar-refractivity contribution in [2.75, 3.05) is 6.61 Å². The summed E-state index contributed by atoms with van der Waals surface area (Å²) in [7, 11) is 0. The second kappa shape index (κ2) is 6.66. The Morgan fingerprint density at radius 2 is 1.91 bits per heavy atom. The molecule has 0 aliphatic rings. The van der Waals surface area contributed by atoms with Crippen LogP contribution in [0, 0.1) is 11.8 Å². The Labute approximate surface area is 70.8 Å². The van der Waals surface area contributed by atoms with Gasteiger partial charge in [0.2, 0.25) is 0 Å². The van der Waals surface area contributed by atoms with Crippen LogP contribution in [0.25, 0.3) is 0 Å². The molecule has 67 valence electrons. The van der Waals surface area contributed by atoms with Crippen molar-refractivity contribution in [3.8, 4) is 0 Å². The molecule has 0 heterocycles. The van der Waals surface area contributed by atoms with Crippen LogP contribution in [0.1, 0.15) is 46.5 Å². The van der Waals surface area contributed by atoms with E-state index in [4.69, 9.17) is 0 Å². The van der Waals surface area contributed by atoms with Crippen molar-refractivity contribution in [3.63, 3.8) is 0 Å². The van der Waals surface area contributed by atoms with E-state index in [0.29, 0.717) is 5.92 Å². The van der Waals surface area contributed by atoms with Gasteiger partial charge in [-0.25, -0.2) is 5.11 Å². The average Bonchev–Trinajstić information content (AvgIpc) is 2.03. The largest absolute Gasteiger partial charge is 0.236 e. The van der Waals surface area contributed by atoms with Gasteiger partial charge in [-0.3, -0.25) is 0 Å². The first kappa shape index (κ1) is 11.0. The summed E-state index contributed by atoms with van der Waals surface area (Å²) in [6.07, 6.45) is 4.62. The third-order valence-electron chi connectivity index (χ3n) is 2.37. The predicted octanol–water partition coefficient (Wildman–Crippen LogP) is 3.27. The zero-order valence-corrected chi connectivity index (χ0v) is 8.10. The van der Waals surface area contributed by atoms with E-state index in [-0.39, 0.29) is 6.61 Å². The predicted molar refractivity (Wildman–Crippen MR) is 48.0 cm³/mol. The molecule has 0 N–H and O–H groups in total. The molecule has 0 rings (SSSR count). The number of hydrogen-bond donors (Lipinski definition) is 0. The minimum absolute atomic E-state index is 0.123. The molecule has 0 saturated carbocycles. The monoisotopic (exact) mass is 157 g/mol. The molecule has 1 heteroatoms. The van der Waals surface area contributed by atoms with Gasteiger partial charge in [-0.15, -0.1) is 0 Å². The molecular formula is C10H21O. The maximum atomic E-state index is 10.7. The Balaban J connectivity index is 3.49. The van der Waals surface area contributed by atoms with E-state index in [2.05, 4.69) is 20.8 Å². The lowest BCUT2D eigenvalue weighted by molar-refractivity contribution is 0.124. The molecular weight excluding hydrogens is 136 g/mol. The van der Waals surface area contributed by atoms with Crippen LogP contribution in [0.4, 0.5) is 0 Å². The third-order valence-corrected chi connectivity index (χ3v) is 2.37. The van der Waals surface area contributed by atoms with Gasteiger partial charge in [0.15, 0.2) is 0 Å². The Morgan fingerprint density at radius 3 is 2.27 bits per heavy atom. The maximum Gasteiger partial charge on any atom is 0.0850 e. The van der Waals surface area contributed by atoms with Crippen molar-refractivity contribution >= 4 is 0 Å². The van der Waals surface area contributed by atoms with Gasteiger partial charge in [-0.2, -0.15) is 0 Å². The van der Waals surface area contributed by atoms with E-state index in [1.807, 2.05) is 0 Å². The Hall–Kier alpha value is -0.0400.